The Bertz CT molecular complexity index is 200. The number of rotatable bonds is 5. The van der Waals surface area contributed by atoms with Crippen LogP contribution in [0, 0.1) is 0 Å². The van der Waals surface area contributed by atoms with E-state index in [9.17, 15) is 9.59 Å². The quantitative estimate of drug-likeness (QED) is 0.599. The van der Waals surface area contributed by atoms with Crippen LogP contribution in [0.3, 0.4) is 0 Å². The first-order chi connectivity index (χ1) is 6.22. The van der Waals surface area contributed by atoms with Crippen LogP contribution in [0.4, 0.5) is 0 Å². The van der Waals surface area contributed by atoms with Gasteiger partial charge in [-0.1, -0.05) is 6.92 Å². The predicted molar refractivity (Wildman–Crippen MR) is 49.1 cm³/mol. The third-order valence-electron chi connectivity index (χ3n) is 1.84. The molecule has 4 heteroatoms. The van der Waals surface area contributed by atoms with E-state index in [1.807, 2.05) is 6.92 Å². The number of carbonyl (C=O) groups is 2. The zero-order chi connectivity index (χ0) is 9.68. The molecule has 1 saturated carbocycles. The van der Waals surface area contributed by atoms with E-state index in [2.05, 4.69) is 10.6 Å². The minimum atomic E-state index is -0.181. The molecule has 0 bridgehead atoms. The fraction of sp³-hybridized carbons (Fsp3) is 0.778. The molecular weight excluding hydrogens is 168 g/mol. The lowest BCUT2D eigenvalue weighted by Crippen LogP contribution is -2.33. The van der Waals surface area contributed by atoms with Crippen molar-refractivity contribution in [1.29, 1.82) is 0 Å². The first kappa shape index (κ1) is 10.0. The van der Waals surface area contributed by atoms with Gasteiger partial charge >= 0.3 is 0 Å². The number of nitrogens with one attached hydrogen (secondary N) is 2. The van der Waals surface area contributed by atoms with Gasteiger partial charge in [0.25, 0.3) is 0 Å². The van der Waals surface area contributed by atoms with Gasteiger partial charge in [0.15, 0.2) is 0 Å². The molecule has 0 atom stereocenters. The topological polar surface area (TPSA) is 58.2 Å². The Kier molecular flexibility index (Phi) is 3.73. The maximum atomic E-state index is 11.1. The van der Waals surface area contributed by atoms with Crippen LogP contribution < -0.4 is 10.6 Å². The van der Waals surface area contributed by atoms with E-state index in [0.29, 0.717) is 12.6 Å². The Balaban J connectivity index is 2.07. The molecule has 0 unspecified atom stereocenters. The molecule has 0 heterocycles. The van der Waals surface area contributed by atoms with Gasteiger partial charge in [-0.3, -0.25) is 9.59 Å². The summed E-state index contributed by atoms with van der Waals surface area (Å²) in [6.45, 7) is 2.63. The highest BCUT2D eigenvalue weighted by molar-refractivity contribution is 5.97. The second-order valence-corrected chi connectivity index (χ2v) is 3.37. The van der Waals surface area contributed by atoms with Crippen LogP contribution in [0.25, 0.3) is 0 Å². The van der Waals surface area contributed by atoms with Gasteiger partial charge in [0, 0.05) is 12.6 Å². The Morgan fingerprint density at radius 1 is 1.31 bits per heavy atom. The first-order valence-corrected chi connectivity index (χ1v) is 4.78. The van der Waals surface area contributed by atoms with Gasteiger partial charge in [-0.05, 0) is 19.3 Å². The smallest absolute Gasteiger partial charge is 0.229 e. The molecule has 0 radical (unpaired) electrons. The second kappa shape index (κ2) is 4.84. The maximum Gasteiger partial charge on any atom is 0.229 e. The van der Waals surface area contributed by atoms with E-state index < -0.39 is 0 Å². The summed E-state index contributed by atoms with van der Waals surface area (Å²) in [6, 6.07) is 0.339. The summed E-state index contributed by atoms with van der Waals surface area (Å²) in [5.41, 5.74) is 0. The molecular formula is C9H16N2O2. The van der Waals surface area contributed by atoms with Crippen LogP contribution in [-0.2, 0) is 9.59 Å². The second-order valence-electron chi connectivity index (χ2n) is 3.37. The lowest BCUT2D eigenvalue weighted by molar-refractivity contribution is -0.129. The summed E-state index contributed by atoms with van der Waals surface area (Å²) in [5.74, 6) is -0.337. The highest BCUT2D eigenvalue weighted by Crippen LogP contribution is 2.18. The average Bonchev–Trinajstić information content (AvgIpc) is 2.84. The monoisotopic (exact) mass is 184 g/mol. The van der Waals surface area contributed by atoms with Crippen molar-refractivity contribution in [3.63, 3.8) is 0 Å². The van der Waals surface area contributed by atoms with Crippen molar-refractivity contribution < 1.29 is 9.59 Å². The fourth-order valence-electron chi connectivity index (χ4n) is 0.979. The molecule has 1 fully saturated rings. The highest BCUT2D eigenvalue weighted by atomic mass is 16.2. The molecule has 0 aliphatic heterocycles. The molecule has 0 spiro atoms. The molecule has 1 aliphatic rings. The Morgan fingerprint density at radius 2 is 2.00 bits per heavy atom. The summed E-state index contributed by atoms with van der Waals surface area (Å²) in [6.07, 6.45) is 2.98. The molecule has 0 saturated heterocycles. The van der Waals surface area contributed by atoms with Crippen molar-refractivity contribution in [2.75, 3.05) is 6.54 Å². The van der Waals surface area contributed by atoms with Gasteiger partial charge in [0.2, 0.25) is 11.8 Å². The van der Waals surface area contributed by atoms with Gasteiger partial charge in [0.05, 0.1) is 0 Å². The van der Waals surface area contributed by atoms with Gasteiger partial charge in [-0.25, -0.2) is 0 Å². The number of hydrogen-bond donors (Lipinski definition) is 2. The molecule has 1 aliphatic carbocycles. The Labute approximate surface area is 78.1 Å². The van der Waals surface area contributed by atoms with Crippen molar-refractivity contribution in [1.82, 2.24) is 10.6 Å². The summed E-state index contributed by atoms with van der Waals surface area (Å²) >= 11 is 0. The SMILES string of the molecule is CCCNC(=O)CC(=O)NC1CC1. The van der Waals surface area contributed by atoms with Gasteiger partial charge in [-0.15, -0.1) is 0 Å². The molecule has 0 aromatic rings. The first-order valence-electron chi connectivity index (χ1n) is 4.78. The molecule has 0 aromatic carbocycles. The van der Waals surface area contributed by atoms with Crippen molar-refractivity contribution in [2.24, 2.45) is 0 Å². The molecule has 74 valence electrons. The van der Waals surface area contributed by atoms with E-state index in [0.717, 1.165) is 19.3 Å². The zero-order valence-electron chi connectivity index (χ0n) is 7.93. The minimum Gasteiger partial charge on any atom is -0.356 e. The largest absolute Gasteiger partial charge is 0.356 e. The van der Waals surface area contributed by atoms with Crippen molar-refractivity contribution >= 4 is 11.8 Å². The summed E-state index contributed by atoms with van der Waals surface area (Å²) in [7, 11) is 0. The predicted octanol–water partition coefficient (Wildman–Crippen LogP) is 0.181. The molecule has 0 aromatic heterocycles. The number of amides is 2. The standard InChI is InChI=1S/C9H16N2O2/c1-2-5-10-8(12)6-9(13)11-7-3-4-7/h7H,2-6H2,1H3,(H,10,12)(H,11,13). The average molecular weight is 184 g/mol. The third kappa shape index (κ3) is 4.50. The Morgan fingerprint density at radius 3 is 2.54 bits per heavy atom. The van der Waals surface area contributed by atoms with E-state index in [1.54, 1.807) is 0 Å². The van der Waals surface area contributed by atoms with Crippen LogP contribution in [-0.4, -0.2) is 24.4 Å². The minimum absolute atomic E-state index is 0.0313. The Hall–Kier alpha value is -1.06. The molecule has 13 heavy (non-hydrogen) atoms. The maximum absolute atomic E-state index is 11.1. The highest BCUT2D eigenvalue weighted by Gasteiger charge is 2.23. The molecule has 1 rings (SSSR count). The third-order valence-corrected chi connectivity index (χ3v) is 1.84. The van der Waals surface area contributed by atoms with E-state index in [1.165, 1.54) is 0 Å². The van der Waals surface area contributed by atoms with Crippen LogP contribution in [0.2, 0.25) is 0 Å². The summed E-state index contributed by atoms with van der Waals surface area (Å²) in [4.78, 5) is 22.1. The van der Waals surface area contributed by atoms with Crippen molar-refractivity contribution in [3.8, 4) is 0 Å². The van der Waals surface area contributed by atoms with Gasteiger partial charge < -0.3 is 10.6 Å². The fourth-order valence-corrected chi connectivity index (χ4v) is 0.979. The summed E-state index contributed by atoms with van der Waals surface area (Å²) in [5, 5.41) is 5.42. The van der Waals surface area contributed by atoms with Crippen LogP contribution in [0.1, 0.15) is 32.6 Å². The van der Waals surface area contributed by atoms with Crippen molar-refractivity contribution in [3.05, 3.63) is 0 Å². The molecule has 4 nitrogen and oxygen atoms in total. The molecule has 2 N–H and O–H groups in total. The van der Waals surface area contributed by atoms with E-state index >= 15 is 0 Å². The summed E-state index contributed by atoms with van der Waals surface area (Å²) < 4.78 is 0. The normalized spacial score (nSPS) is 15.2. The van der Waals surface area contributed by atoms with E-state index in [-0.39, 0.29) is 18.2 Å². The van der Waals surface area contributed by atoms with Gasteiger partial charge in [0.1, 0.15) is 6.42 Å². The van der Waals surface area contributed by atoms with Crippen molar-refractivity contribution in [2.45, 2.75) is 38.6 Å². The number of hydrogen-bond acceptors (Lipinski definition) is 2. The number of carbonyl (C=O) groups excluding carboxylic acids is 2. The molecule has 2 amide bonds. The van der Waals surface area contributed by atoms with E-state index in [4.69, 9.17) is 0 Å². The zero-order valence-corrected chi connectivity index (χ0v) is 7.93. The van der Waals surface area contributed by atoms with Gasteiger partial charge in [-0.2, -0.15) is 0 Å². The lowest BCUT2D eigenvalue weighted by atomic mass is 10.3. The van der Waals surface area contributed by atoms with Crippen LogP contribution in [0.5, 0.6) is 0 Å². The lowest BCUT2D eigenvalue weighted by Gasteiger charge is -2.03. The van der Waals surface area contributed by atoms with Crippen LogP contribution in [0.15, 0.2) is 0 Å². The van der Waals surface area contributed by atoms with Crippen LogP contribution >= 0.6 is 0 Å².